The summed E-state index contributed by atoms with van der Waals surface area (Å²) in [7, 11) is 1.84. The lowest BCUT2D eigenvalue weighted by Crippen LogP contribution is -2.33. The van der Waals surface area contributed by atoms with Crippen molar-refractivity contribution in [2.45, 2.75) is 31.8 Å². The van der Waals surface area contributed by atoms with Crippen LogP contribution in [-0.2, 0) is 11.3 Å². The fourth-order valence-corrected chi connectivity index (χ4v) is 2.49. The van der Waals surface area contributed by atoms with Gasteiger partial charge in [0.05, 0.1) is 17.7 Å². The Hall–Kier alpha value is -0.940. The maximum absolute atomic E-state index is 11.9. The van der Waals surface area contributed by atoms with Crippen molar-refractivity contribution in [3.63, 3.8) is 0 Å². The molecule has 0 aromatic carbocycles. The molecule has 1 amide bonds. The van der Waals surface area contributed by atoms with E-state index in [9.17, 15) is 4.79 Å². The van der Waals surface area contributed by atoms with Crippen LogP contribution >= 0.6 is 11.3 Å². The lowest BCUT2D eigenvalue weighted by molar-refractivity contribution is -0.130. The highest BCUT2D eigenvalue weighted by Crippen LogP contribution is 2.11. The van der Waals surface area contributed by atoms with Crippen molar-refractivity contribution in [1.29, 1.82) is 0 Å². The number of nitrogens with zero attached hydrogens (tertiary/aromatic N) is 2. The number of carbonyl (C=O) groups is 1. The Labute approximate surface area is 99.7 Å². The van der Waals surface area contributed by atoms with Crippen LogP contribution in [-0.4, -0.2) is 35.4 Å². The number of nitrogens with one attached hydrogen (secondary N) is 1. The van der Waals surface area contributed by atoms with E-state index in [0.717, 1.165) is 18.7 Å². The Morgan fingerprint density at radius 2 is 2.62 bits per heavy atom. The van der Waals surface area contributed by atoms with Gasteiger partial charge in [0.25, 0.3) is 0 Å². The van der Waals surface area contributed by atoms with Crippen molar-refractivity contribution in [2.75, 3.05) is 13.6 Å². The topological polar surface area (TPSA) is 45.2 Å². The molecule has 1 aliphatic rings. The summed E-state index contributed by atoms with van der Waals surface area (Å²) >= 11 is 1.56. The Morgan fingerprint density at radius 1 is 1.75 bits per heavy atom. The summed E-state index contributed by atoms with van der Waals surface area (Å²) in [6.07, 6.45) is 2.92. The maximum atomic E-state index is 11.9. The molecule has 0 spiro atoms. The first-order valence-corrected chi connectivity index (χ1v) is 6.54. The largest absolute Gasteiger partial charge is 0.340 e. The van der Waals surface area contributed by atoms with Gasteiger partial charge in [0.1, 0.15) is 0 Å². The average molecular weight is 239 g/mol. The smallest absolute Gasteiger partial charge is 0.224 e. The minimum atomic E-state index is 0.201. The molecule has 1 aromatic heterocycles. The molecular weight excluding hydrogens is 222 g/mol. The third-order valence-corrected chi connectivity index (χ3v) is 3.53. The van der Waals surface area contributed by atoms with E-state index in [0.29, 0.717) is 19.0 Å². The monoisotopic (exact) mass is 239 g/mol. The zero-order chi connectivity index (χ0) is 11.4. The summed E-state index contributed by atoms with van der Waals surface area (Å²) in [6, 6.07) is 0.380. The van der Waals surface area contributed by atoms with Gasteiger partial charge in [0, 0.05) is 24.9 Å². The van der Waals surface area contributed by atoms with E-state index in [1.807, 2.05) is 12.4 Å². The SMILES string of the molecule is CN(Cc1cscn1)C(=O)CC1CCCN1. The molecule has 5 heteroatoms. The van der Waals surface area contributed by atoms with Gasteiger partial charge in [-0.2, -0.15) is 0 Å². The first-order chi connectivity index (χ1) is 7.75. The Morgan fingerprint density at radius 3 is 3.25 bits per heavy atom. The third-order valence-electron chi connectivity index (χ3n) is 2.89. The zero-order valence-electron chi connectivity index (χ0n) is 9.48. The van der Waals surface area contributed by atoms with Gasteiger partial charge < -0.3 is 10.2 Å². The van der Waals surface area contributed by atoms with Crippen molar-refractivity contribution in [3.8, 4) is 0 Å². The first-order valence-electron chi connectivity index (χ1n) is 5.60. The first kappa shape index (κ1) is 11.5. The van der Waals surface area contributed by atoms with Gasteiger partial charge in [-0.15, -0.1) is 11.3 Å². The Bertz CT molecular complexity index is 333. The summed E-state index contributed by atoms with van der Waals surface area (Å²) in [5, 5.41) is 5.32. The fraction of sp³-hybridized carbons (Fsp3) is 0.636. The van der Waals surface area contributed by atoms with E-state index < -0.39 is 0 Å². The minimum absolute atomic E-state index is 0.201. The molecule has 2 heterocycles. The van der Waals surface area contributed by atoms with Crippen LogP contribution in [0.1, 0.15) is 25.0 Å². The number of aromatic nitrogens is 1. The molecule has 88 valence electrons. The molecule has 4 nitrogen and oxygen atoms in total. The molecule has 0 bridgehead atoms. The van der Waals surface area contributed by atoms with Crippen LogP contribution in [0, 0.1) is 0 Å². The van der Waals surface area contributed by atoms with Crippen molar-refractivity contribution < 1.29 is 4.79 Å². The third kappa shape index (κ3) is 3.02. The molecular formula is C11H17N3OS. The summed E-state index contributed by atoms with van der Waals surface area (Å²) in [5.74, 6) is 0.201. The van der Waals surface area contributed by atoms with Gasteiger partial charge in [-0.1, -0.05) is 0 Å². The molecule has 1 aromatic rings. The fourth-order valence-electron chi connectivity index (χ4n) is 1.94. The predicted molar refractivity (Wildman–Crippen MR) is 64.2 cm³/mol. The van der Waals surface area contributed by atoms with Crippen LogP contribution in [0.4, 0.5) is 0 Å². The molecule has 16 heavy (non-hydrogen) atoms. The Kier molecular flexibility index (Phi) is 3.90. The van der Waals surface area contributed by atoms with E-state index in [2.05, 4.69) is 10.3 Å². The van der Waals surface area contributed by atoms with Crippen LogP contribution in [0.5, 0.6) is 0 Å². The second-order valence-electron chi connectivity index (χ2n) is 4.23. The van der Waals surface area contributed by atoms with Crippen LogP contribution in [0.3, 0.4) is 0 Å². The molecule has 1 atom stereocenters. The Balaban J connectivity index is 1.79. The highest BCUT2D eigenvalue weighted by atomic mass is 32.1. The quantitative estimate of drug-likeness (QED) is 0.860. The van der Waals surface area contributed by atoms with Crippen molar-refractivity contribution >= 4 is 17.2 Å². The van der Waals surface area contributed by atoms with E-state index in [-0.39, 0.29) is 5.91 Å². The lowest BCUT2D eigenvalue weighted by Gasteiger charge is -2.18. The second kappa shape index (κ2) is 5.41. The molecule has 0 saturated carbocycles. The molecule has 1 unspecified atom stereocenters. The average Bonchev–Trinajstić information content (AvgIpc) is 2.90. The number of amides is 1. The number of hydrogen-bond donors (Lipinski definition) is 1. The van der Waals surface area contributed by atoms with Crippen LogP contribution in [0.15, 0.2) is 10.9 Å². The highest BCUT2D eigenvalue weighted by molar-refractivity contribution is 7.07. The second-order valence-corrected chi connectivity index (χ2v) is 4.95. The molecule has 0 radical (unpaired) electrons. The van der Waals surface area contributed by atoms with Gasteiger partial charge in [-0.25, -0.2) is 4.98 Å². The lowest BCUT2D eigenvalue weighted by atomic mass is 10.1. The molecule has 0 aliphatic carbocycles. The van der Waals surface area contributed by atoms with Crippen LogP contribution in [0.25, 0.3) is 0 Å². The normalized spacial score (nSPS) is 19.9. The van der Waals surface area contributed by atoms with Crippen LogP contribution in [0.2, 0.25) is 0 Å². The summed E-state index contributed by atoms with van der Waals surface area (Å²) in [4.78, 5) is 17.8. The molecule has 1 fully saturated rings. The summed E-state index contributed by atoms with van der Waals surface area (Å²) in [5.41, 5.74) is 2.77. The van der Waals surface area contributed by atoms with Gasteiger partial charge in [0.15, 0.2) is 0 Å². The van der Waals surface area contributed by atoms with Crippen molar-refractivity contribution in [1.82, 2.24) is 15.2 Å². The number of hydrogen-bond acceptors (Lipinski definition) is 4. The number of rotatable bonds is 4. The van der Waals surface area contributed by atoms with Crippen molar-refractivity contribution in [2.24, 2.45) is 0 Å². The van der Waals surface area contributed by atoms with E-state index >= 15 is 0 Å². The van der Waals surface area contributed by atoms with Gasteiger partial charge in [-0.05, 0) is 19.4 Å². The predicted octanol–water partition coefficient (Wildman–Crippen LogP) is 1.24. The maximum Gasteiger partial charge on any atom is 0.224 e. The van der Waals surface area contributed by atoms with Crippen LogP contribution < -0.4 is 5.32 Å². The van der Waals surface area contributed by atoms with Crippen molar-refractivity contribution in [3.05, 3.63) is 16.6 Å². The van der Waals surface area contributed by atoms with Gasteiger partial charge in [-0.3, -0.25) is 4.79 Å². The number of carbonyl (C=O) groups excluding carboxylic acids is 1. The van der Waals surface area contributed by atoms with E-state index in [1.54, 1.807) is 21.7 Å². The highest BCUT2D eigenvalue weighted by Gasteiger charge is 2.19. The van der Waals surface area contributed by atoms with E-state index in [1.165, 1.54) is 6.42 Å². The molecule has 1 saturated heterocycles. The van der Waals surface area contributed by atoms with E-state index in [4.69, 9.17) is 0 Å². The minimum Gasteiger partial charge on any atom is -0.340 e. The summed E-state index contributed by atoms with van der Waals surface area (Å²) in [6.45, 7) is 1.67. The summed E-state index contributed by atoms with van der Waals surface area (Å²) < 4.78 is 0. The standard InChI is InChI=1S/C11H17N3OS/c1-14(6-10-7-16-8-13-10)11(15)5-9-3-2-4-12-9/h7-9,12H,2-6H2,1H3. The molecule has 1 N–H and O–H groups in total. The molecule has 2 rings (SSSR count). The number of thiazole rings is 1. The van der Waals surface area contributed by atoms with Gasteiger partial charge >= 0.3 is 0 Å². The van der Waals surface area contributed by atoms with Gasteiger partial charge in [0.2, 0.25) is 5.91 Å². The zero-order valence-corrected chi connectivity index (χ0v) is 10.3. The molecule has 1 aliphatic heterocycles.